The molecule has 1 fully saturated rings. The molecule has 1 aromatic carbocycles. The molecule has 5 nitrogen and oxygen atoms in total. The van der Waals surface area contributed by atoms with Gasteiger partial charge in [0.1, 0.15) is 11.6 Å². The molecule has 138 valence electrons. The lowest BCUT2D eigenvalue weighted by molar-refractivity contribution is -0.00299. The number of carbonyl (C=O) groups excluding carboxylic acids is 1. The van der Waals surface area contributed by atoms with E-state index in [0.717, 1.165) is 18.4 Å². The predicted octanol–water partition coefficient (Wildman–Crippen LogP) is 2.98. The van der Waals surface area contributed by atoms with Gasteiger partial charge in [0.05, 0.1) is 6.10 Å². The number of carbonyl (C=O) groups is 1. The molecule has 3 rings (SSSR count). The van der Waals surface area contributed by atoms with Crippen molar-refractivity contribution >= 4 is 11.7 Å². The van der Waals surface area contributed by atoms with Crippen LogP contribution in [0.25, 0.3) is 0 Å². The Hall–Kier alpha value is -2.47. The van der Waals surface area contributed by atoms with Crippen LogP contribution in [0.4, 0.5) is 10.2 Å². The molecule has 6 heteroatoms. The summed E-state index contributed by atoms with van der Waals surface area (Å²) >= 11 is 0. The molecule has 0 saturated carbocycles. The summed E-state index contributed by atoms with van der Waals surface area (Å²) in [5, 5.41) is 2.95. The van der Waals surface area contributed by atoms with Crippen molar-refractivity contribution in [2.24, 2.45) is 5.92 Å². The summed E-state index contributed by atoms with van der Waals surface area (Å²) in [6.45, 7) is 1.28. The molecule has 0 radical (unpaired) electrons. The van der Waals surface area contributed by atoms with Crippen molar-refractivity contribution in [3.8, 4) is 0 Å². The van der Waals surface area contributed by atoms with Crippen LogP contribution in [0, 0.1) is 11.7 Å². The molecule has 1 aliphatic heterocycles. The molecule has 1 aliphatic rings. The number of halogens is 1. The molecule has 2 heterocycles. The lowest BCUT2D eigenvalue weighted by atomic mass is 9.88. The fourth-order valence-electron chi connectivity index (χ4n) is 3.51. The average molecular weight is 357 g/mol. The maximum absolute atomic E-state index is 13.1. The Balaban J connectivity index is 1.73. The van der Waals surface area contributed by atoms with E-state index in [1.165, 1.54) is 12.1 Å². The fourth-order valence-corrected chi connectivity index (χ4v) is 3.51. The third-order valence-corrected chi connectivity index (χ3v) is 4.93. The number of hydrogen-bond donors (Lipinski definition) is 1. The second-order valence-corrected chi connectivity index (χ2v) is 6.58. The quantitative estimate of drug-likeness (QED) is 0.894. The van der Waals surface area contributed by atoms with Crippen molar-refractivity contribution in [1.29, 1.82) is 0 Å². The molecule has 26 heavy (non-hydrogen) atoms. The molecule has 0 bridgehead atoms. The number of likely N-dealkylation sites (tertiary alicyclic amines) is 1. The zero-order chi connectivity index (χ0) is 18.5. The highest BCUT2D eigenvalue weighted by Gasteiger charge is 2.32. The molecule has 1 saturated heterocycles. The molecule has 1 N–H and O–H groups in total. The Kier molecular flexibility index (Phi) is 5.83. The summed E-state index contributed by atoms with van der Waals surface area (Å²) in [6.07, 6.45) is 3.27. The average Bonchev–Trinajstić information content (AvgIpc) is 2.69. The molecule has 0 unspecified atom stereocenters. The smallest absolute Gasteiger partial charge is 0.254 e. The van der Waals surface area contributed by atoms with Gasteiger partial charge < -0.3 is 15.0 Å². The summed E-state index contributed by atoms with van der Waals surface area (Å²) in [5.74, 6) is 0.609. The van der Waals surface area contributed by atoms with Crippen molar-refractivity contribution in [3.63, 3.8) is 0 Å². The zero-order valence-corrected chi connectivity index (χ0v) is 15.1. The largest absolute Gasteiger partial charge is 0.381 e. The van der Waals surface area contributed by atoms with Gasteiger partial charge in [0, 0.05) is 44.9 Å². The van der Waals surface area contributed by atoms with Gasteiger partial charge in [-0.25, -0.2) is 9.37 Å². The predicted molar refractivity (Wildman–Crippen MR) is 98.7 cm³/mol. The van der Waals surface area contributed by atoms with E-state index >= 15 is 0 Å². The zero-order valence-electron chi connectivity index (χ0n) is 15.1. The first kappa shape index (κ1) is 18.3. The van der Waals surface area contributed by atoms with Crippen molar-refractivity contribution in [1.82, 2.24) is 9.88 Å². The van der Waals surface area contributed by atoms with Crippen molar-refractivity contribution in [2.75, 3.05) is 32.6 Å². The number of methoxy groups -OCH3 is 1. The molecule has 0 spiro atoms. The van der Waals surface area contributed by atoms with Gasteiger partial charge in [-0.3, -0.25) is 4.79 Å². The Morgan fingerprint density at radius 2 is 2.12 bits per heavy atom. The molecule has 1 aromatic heterocycles. The summed E-state index contributed by atoms with van der Waals surface area (Å²) in [5.41, 5.74) is 1.68. The van der Waals surface area contributed by atoms with Crippen LogP contribution >= 0.6 is 0 Å². The standard InChI is InChI=1S/C20H24FN3O2/c1-22-19-12-15(7-9-23-19)20(25)24-10-8-18(26-2)16(13-24)11-14-3-5-17(21)6-4-14/h3-7,9,12,16,18H,8,10-11,13H2,1-2H3,(H,22,23)/t16-,18+/m1/s1. The van der Waals surface area contributed by atoms with Crippen molar-refractivity contribution < 1.29 is 13.9 Å². The van der Waals surface area contributed by atoms with E-state index in [4.69, 9.17) is 4.74 Å². The number of pyridine rings is 1. The van der Waals surface area contributed by atoms with Gasteiger partial charge in [-0.1, -0.05) is 12.1 Å². The maximum Gasteiger partial charge on any atom is 0.254 e. The fraction of sp³-hybridized carbons (Fsp3) is 0.400. The number of piperidine rings is 1. The lowest BCUT2D eigenvalue weighted by Crippen LogP contribution is -2.47. The lowest BCUT2D eigenvalue weighted by Gasteiger charge is -2.38. The highest BCUT2D eigenvalue weighted by atomic mass is 19.1. The summed E-state index contributed by atoms with van der Waals surface area (Å²) in [7, 11) is 3.49. The normalized spacial score (nSPS) is 20.0. The van der Waals surface area contributed by atoms with Gasteiger partial charge in [-0.2, -0.15) is 0 Å². The van der Waals surface area contributed by atoms with Crippen LogP contribution in [0.2, 0.25) is 0 Å². The number of nitrogens with zero attached hydrogens (tertiary/aromatic N) is 2. The van der Waals surface area contributed by atoms with Crippen LogP contribution in [0.5, 0.6) is 0 Å². The minimum absolute atomic E-state index is 0.00237. The van der Waals surface area contributed by atoms with Crippen LogP contribution in [-0.2, 0) is 11.2 Å². The molecule has 0 aliphatic carbocycles. The van der Waals surface area contributed by atoms with Crippen molar-refractivity contribution in [2.45, 2.75) is 18.9 Å². The van der Waals surface area contributed by atoms with E-state index < -0.39 is 0 Å². The van der Waals surface area contributed by atoms with E-state index in [1.807, 2.05) is 4.90 Å². The number of nitrogens with one attached hydrogen (secondary N) is 1. The Bertz CT molecular complexity index is 751. The van der Waals surface area contributed by atoms with E-state index in [1.54, 1.807) is 44.6 Å². The van der Waals surface area contributed by atoms with Crippen LogP contribution in [0.15, 0.2) is 42.6 Å². The van der Waals surface area contributed by atoms with Gasteiger partial charge in [-0.05, 0) is 42.7 Å². The van der Waals surface area contributed by atoms with Gasteiger partial charge in [0.15, 0.2) is 0 Å². The Morgan fingerprint density at radius 1 is 1.35 bits per heavy atom. The first-order chi connectivity index (χ1) is 12.6. The van der Waals surface area contributed by atoms with E-state index in [2.05, 4.69) is 10.3 Å². The van der Waals surface area contributed by atoms with Crippen LogP contribution in [0.3, 0.4) is 0 Å². The van der Waals surface area contributed by atoms with E-state index in [9.17, 15) is 9.18 Å². The van der Waals surface area contributed by atoms with Crippen LogP contribution in [-0.4, -0.2) is 49.1 Å². The first-order valence-corrected chi connectivity index (χ1v) is 8.81. The number of rotatable bonds is 5. The summed E-state index contributed by atoms with van der Waals surface area (Å²) in [4.78, 5) is 18.9. The number of ether oxygens (including phenoxy) is 1. The Morgan fingerprint density at radius 3 is 2.81 bits per heavy atom. The van der Waals surface area contributed by atoms with Gasteiger partial charge in [0.2, 0.25) is 0 Å². The minimum Gasteiger partial charge on any atom is -0.381 e. The number of aromatic nitrogens is 1. The molecular weight excluding hydrogens is 333 g/mol. The van der Waals surface area contributed by atoms with E-state index in [-0.39, 0.29) is 23.7 Å². The maximum atomic E-state index is 13.1. The van der Waals surface area contributed by atoms with Gasteiger partial charge in [-0.15, -0.1) is 0 Å². The summed E-state index contributed by atoms with van der Waals surface area (Å²) < 4.78 is 18.8. The summed E-state index contributed by atoms with van der Waals surface area (Å²) in [6, 6.07) is 10.0. The van der Waals surface area contributed by atoms with Crippen LogP contribution < -0.4 is 5.32 Å². The molecule has 2 atom stereocenters. The van der Waals surface area contributed by atoms with E-state index in [0.29, 0.717) is 24.5 Å². The third kappa shape index (κ3) is 4.19. The van der Waals surface area contributed by atoms with Crippen molar-refractivity contribution in [3.05, 3.63) is 59.5 Å². The molecule has 1 amide bonds. The number of hydrogen-bond acceptors (Lipinski definition) is 4. The second kappa shape index (κ2) is 8.27. The number of benzene rings is 1. The third-order valence-electron chi connectivity index (χ3n) is 4.93. The molecule has 2 aromatic rings. The SMILES string of the molecule is CNc1cc(C(=O)N2CC[C@H](OC)[C@H](Cc3ccc(F)cc3)C2)ccn1. The van der Waals surface area contributed by atoms with Gasteiger partial charge >= 0.3 is 0 Å². The number of anilines is 1. The van der Waals surface area contributed by atoms with Gasteiger partial charge in [0.25, 0.3) is 5.91 Å². The highest BCUT2D eigenvalue weighted by Crippen LogP contribution is 2.25. The number of amides is 1. The highest BCUT2D eigenvalue weighted by molar-refractivity contribution is 5.94. The topological polar surface area (TPSA) is 54.5 Å². The minimum atomic E-state index is -0.240. The first-order valence-electron chi connectivity index (χ1n) is 8.81. The Labute approximate surface area is 153 Å². The molecular formula is C20H24FN3O2. The second-order valence-electron chi connectivity index (χ2n) is 6.58. The monoisotopic (exact) mass is 357 g/mol. The van der Waals surface area contributed by atoms with Crippen LogP contribution in [0.1, 0.15) is 22.3 Å².